The number of ketones is 1. The Hall–Kier alpha value is -2.36. The van der Waals surface area contributed by atoms with Crippen molar-refractivity contribution in [3.63, 3.8) is 0 Å². The van der Waals surface area contributed by atoms with E-state index in [-0.39, 0.29) is 5.78 Å². The molecule has 4 heteroatoms. The highest BCUT2D eigenvalue weighted by Crippen LogP contribution is 2.32. The summed E-state index contributed by atoms with van der Waals surface area (Å²) in [6.07, 6.45) is 9.22. The number of Topliss-reactive ketones (excluding diaryl/α,β-unsaturated/α-hetero) is 1. The van der Waals surface area contributed by atoms with E-state index in [4.69, 9.17) is 5.84 Å². The molecular weight excluding hydrogens is 274 g/mol. The smallest absolute Gasteiger partial charge is 0.159 e. The van der Waals surface area contributed by atoms with Crippen LogP contribution in [-0.4, -0.2) is 15.4 Å². The number of rotatable bonds is 3. The third-order valence-corrected chi connectivity index (χ3v) is 4.36. The number of benzene rings is 1. The van der Waals surface area contributed by atoms with Gasteiger partial charge in [0.2, 0.25) is 0 Å². The van der Waals surface area contributed by atoms with E-state index in [1.165, 1.54) is 4.68 Å². The lowest BCUT2D eigenvalue weighted by Crippen LogP contribution is -2.18. The van der Waals surface area contributed by atoms with Gasteiger partial charge in [-0.2, -0.15) is 0 Å². The SMILES string of the molecule is CCC1CCCC(=O)/C1=C/c1ccccc1-c1cn(N)cn1. The van der Waals surface area contributed by atoms with Crippen molar-refractivity contribution in [1.82, 2.24) is 9.66 Å². The summed E-state index contributed by atoms with van der Waals surface area (Å²) in [5.41, 5.74) is 3.83. The van der Waals surface area contributed by atoms with Crippen LogP contribution < -0.4 is 5.84 Å². The summed E-state index contributed by atoms with van der Waals surface area (Å²) in [5.74, 6) is 6.37. The number of aromatic nitrogens is 2. The Morgan fingerprint density at radius 3 is 2.95 bits per heavy atom. The standard InChI is InChI=1S/C18H21N3O/c1-2-13-7-5-9-18(22)16(13)10-14-6-3-4-8-15(14)17-11-21(19)12-20-17/h3-4,6,8,10-13H,2,5,7,9,19H2,1H3/b16-10+. The monoisotopic (exact) mass is 295 g/mol. The fourth-order valence-electron chi connectivity index (χ4n) is 3.16. The molecule has 0 aliphatic heterocycles. The van der Waals surface area contributed by atoms with E-state index in [9.17, 15) is 4.79 Å². The number of allylic oxidation sites excluding steroid dienone is 1. The number of carbonyl (C=O) groups is 1. The quantitative estimate of drug-likeness (QED) is 0.697. The number of imidazole rings is 1. The van der Waals surface area contributed by atoms with Crippen molar-refractivity contribution in [2.45, 2.75) is 32.6 Å². The molecule has 114 valence electrons. The van der Waals surface area contributed by atoms with Crippen molar-refractivity contribution in [1.29, 1.82) is 0 Å². The Labute approximate surface area is 130 Å². The predicted molar refractivity (Wildman–Crippen MR) is 88.4 cm³/mol. The lowest BCUT2D eigenvalue weighted by molar-refractivity contribution is -0.117. The summed E-state index contributed by atoms with van der Waals surface area (Å²) in [7, 11) is 0. The molecule has 1 atom stereocenters. The van der Waals surface area contributed by atoms with Crippen molar-refractivity contribution in [3.8, 4) is 11.3 Å². The van der Waals surface area contributed by atoms with Crippen molar-refractivity contribution < 1.29 is 4.79 Å². The van der Waals surface area contributed by atoms with Crippen LogP contribution in [0.25, 0.3) is 17.3 Å². The molecule has 2 N–H and O–H groups in total. The topological polar surface area (TPSA) is 60.9 Å². The molecule has 4 nitrogen and oxygen atoms in total. The first-order valence-electron chi connectivity index (χ1n) is 7.82. The Kier molecular flexibility index (Phi) is 4.09. The molecule has 1 aromatic carbocycles. The van der Waals surface area contributed by atoms with Crippen LogP contribution in [0.3, 0.4) is 0 Å². The molecule has 1 saturated carbocycles. The van der Waals surface area contributed by atoms with E-state index in [2.05, 4.69) is 18.0 Å². The molecule has 3 rings (SSSR count). The summed E-state index contributed by atoms with van der Waals surface area (Å²) in [4.78, 5) is 16.6. The maximum Gasteiger partial charge on any atom is 0.159 e. The summed E-state index contributed by atoms with van der Waals surface area (Å²) in [6, 6.07) is 8.02. The van der Waals surface area contributed by atoms with Gasteiger partial charge in [0.25, 0.3) is 0 Å². The molecule has 0 amide bonds. The molecule has 0 bridgehead atoms. The van der Waals surface area contributed by atoms with E-state index in [0.717, 1.165) is 41.7 Å². The highest BCUT2D eigenvalue weighted by molar-refractivity contribution is 6.01. The van der Waals surface area contributed by atoms with Gasteiger partial charge in [-0.15, -0.1) is 0 Å². The fraction of sp³-hybridized carbons (Fsp3) is 0.333. The zero-order chi connectivity index (χ0) is 15.5. The number of nitrogens with zero attached hydrogens (tertiary/aromatic N) is 2. The molecule has 1 aromatic heterocycles. The average molecular weight is 295 g/mol. The van der Waals surface area contributed by atoms with Gasteiger partial charge in [-0.3, -0.25) is 9.47 Å². The Balaban J connectivity index is 2.04. The van der Waals surface area contributed by atoms with Gasteiger partial charge in [-0.25, -0.2) is 4.98 Å². The minimum absolute atomic E-state index is 0.289. The second kappa shape index (κ2) is 6.18. The Bertz CT molecular complexity index is 715. The van der Waals surface area contributed by atoms with Crippen LogP contribution in [0.2, 0.25) is 0 Å². The summed E-state index contributed by atoms with van der Waals surface area (Å²) < 4.78 is 1.44. The summed E-state index contributed by atoms with van der Waals surface area (Å²) in [5, 5.41) is 0. The number of nitrogen functional groups attached to an aromatic ring is 1. The largest absolute Gasteiger partial charge is 0.338 e. The summed E-state index contributed by atoms with van der Waals surface area (Å²) in [6.45, 7) is 2.15. The molecule has 0 spiro atoms. The number of hydrogen-bond donors (Lipinski definition) is 1. The van der Waals surface area contributed by atoms with E-state index in [1.807, 2.05) is 24.3 Å². The third kappa shape index (κ3) is 2.82. The highest BCUT2D eigenvalue weighted by Gasteiger charge is 2.24. The van der Waals surface area contributed by atoms with Crippen LogP contribution in [0.15, 0.2) is 42.4 Å². The van der Waals surface area contributed by atoms with Crippen molar-refractivity contribution in [2.75, 3.05) is 5.84 Å². The first kappa shape index (κ1) is 14.6. The van der Waals surface area contributed by atoms with E-state index >= 15 is 0 Å². The molecule has 1 aliphatic carbocycles. The maximum absolute atomic E-state index is 12.3. The summed E-state index contributed by atoms with van der Waals surface area (Å²) >= 11 is 0. The zero-order valence-electron chi connectivity index (χ0n) is 12.8. The van der Waals surface area contributed by atoms with Gasteiger partial charge in [-0.1, -0.05) is 31.2 Å². The number of carbonyl (C=O) groups excluding carboxylic acids is 1. The van der Waals surface area contributed by atoms with Gasteiger partial charge in [0.05, 0.1) is 11.9 Å². The van der Waals surface area contributed by atoms with Gasteiger partial charge in [0.15, 0.2) is 5.78 Å². The Morgan fingerprint density at radius 2 is 2.23 bits per heavy atom. The highest BCUT2D eigenvalue weighted by atomic mass is 16.1. The average Bonchev–Trinajstić information content (AvgIpc) is 2.96. The van der Waals surface area contributed by atoms with Crippen LogP contribution in [0, 0.1) is 5.92 Å². The van der Waals surface area contributed by atoms with Crippen molar-refractivity contribution in [2.24, 2.45) is 5.92 Å². The lowest BCUT2D eigenvalue weighted by Gasteiger charge is -2.23. The fourth-order valence-corrected chi connectivity index (χ4v) is 3.16. The first-order chi connectivity index (χ1) is 10.7. The predicted octanol–water partition coefficient (Wildman–Crippen LogP) is 3.43. The minimum Gasteiger partial charge on any atom is -0.338 e. The van der Waals surface area contributed by atoms with E-state index in [0.29, 0.717) is 12.3 Å². The second-order valence-corrected chi connectivity index (χ2v) is 5.81. The molecule has 1 unspecified atom stereocenters. The van der Waals surface area contributed by atoms with E-state index < -0.39 is 0 Å². The molecular formula is C18H21N3O. The Morgan fingerprint density at radius 1 is 1.41 bits per heavy atom. The second-order valence-electron chi connectivity index (χ2n) is 5.81. The van der Waals surface area contributed by atoms with Crippen LogP contribution in [0.5, 0.6) is 0 Å². The van der Waals surface area contributed by atoms with Gasteiger partial charge in [0, 0.05) is 12.0 Å². The van der Waals surface area contributed by atoms with Gasteiger partial charge >= 0.3 is 0 Å². The van der Waals surface area contributed by atoms with E-state index in [1.54, 1.807) is 12.5 Å². The molecule has 1 aliphatic rings. The number of hydrogen-bond acceptors (Lipinski definition) is 3. The maximum atomic E-state index is 12.3. The minimum atomic E-state index is 0.289. The third-order valence-electron chi connectivity index (χ3n) is 4.36. The molecule has 1 heterocycles. The van der Waals surface area contributed by atoms with Crippen LogP contribution in [0.1, 0.15) is 38.2 Å². The first-order valence-corrected chi connectivity index (χ1v) is 7.82. The number of nitrogens with two attached hydrogens (primary N) is 1. The van der Waals surface area contributed by atoms with Crippen molar-refractivity contribution >= 4 is 11.9 Å². The normalized spacial score (nSPS) is 20.5. The van der Waals surface area contributed by atoms with Crippen LogP contribution in [-0.2, 0) is 4.79 Å². The van der Waals surface area contributed by atoms with Crippen molar-refractivity contribution in [3.05, 3.63) is 47.9 Å². The lowest BCUT2D eigenvalue weighted by atomic mass is 9.80. The molecule has 22 heavy (non-hydrogen) atoms. The molecule has 0 saturated heterocycles. The molecule has 1 fully saturated rings. The van der Waals surface area contributed by atoms with Gasteiger partial charge in [-0.05, 0) is 42.4 Å². The van der Waals surface area contributed by atoms with Crippen LogP contribution >= 0.6 is 0 Å². The van der Waals surface area contributed by atoms with Crippen LogP contribution in [0.4, 0.5) is 0 Å². The zero-order valence-corrected chi connectivity index (χ0v) is 12.8. The van der Waals surface area contributed by atoms with Gasteiger partial charge < -0.3 is 5.84 Å². The molecule has 0 radical (unpaired) electrons. The van der Waals surface area contributed by atoms with Gasteiger partial charge in [0.1, 0.15) is 6.33 Å². The molecule has 2 aromatic rings.